The molecule has 0 aliphatic rings. The van der Waals surface area contributed by atoms with Crippen LogP contribution >= 0.6 is 55.1 Å². The first-order valence-corrected chi connectivity index (χ1v) is 37.8. The van der Waals surface area contributed by atoms with E-state index in [1.807, 2.05) is 24.3 Å². The van der Waals surface area contributed by atoms with Crippen LogP contribution in [-0.4, -0.2) is 0 Å². The normalized spacial score (nSPS) is 11.3. The van der Waals surface area contributed by atoms with Crippen molar-refractivity contribution in [3.63, 3.8) is 0 Å². The molecule has 0 atom stereocenters. The maximum atomic E-state index is 6.28. The quantitative estimate of drug-likeness (QED) is 0.0846. The summed E-state index contributed by atoms with van der Waals surface area (Å²) in [6, 6.07) is 97.2. The second kappa shape index (κ2) is 35.7. The summed E-state index contributed by atoms with van der Waals surface area (Å²) in [5.41, 5.74) is 32.1. The van der Waals surface area contributed by atoms with Crippen LogP contribution in [-0.2, 0) is 0 Å². The molecule has 0 saturated carbocycles. The molecule has 0 nitrogen and oxygen atoms in total. The lowest BCUT2D eigenvalue weighted by Crippen LogP contribution is -2.08. The van der Waals surface area contributed by atoms with Crippen LogP contribution in [0.3, 0.4) is 0 Å². The molecule has 0 amide bonds. The monoisotopic (exact) mass is 1480 g/mol. The van der Waals surface area contributed by atoms with Gasteiger partial charge in [-0.05, 0) is 217 Å². The largest absolute Gasteiger partial charge is 0.0843 e. The molecule has 512 valence electrons. The van der Waals surface area contributed by atoms with Gasteiger partial charge in [0.1, 0.15) is 0 Å². The summed E-state index contributed by atoms with van der Waals surface area (Å²) in [5, 5.41) is 1.56. The van der Waals surface area contributed by atoms with Gasteiger partial charge in [-0.25, -0.2) is 0 Å². The smallest absolute Gasteiger partial charge is 0.0406 e. The SMILES string of the molecule is Brc1ccc(C(c2ccccc2)c2ccccc2)cc1.CC(C)c1cc(C(C)C)cc(C(c2ccc(Cl)cc2)c2cc(C(C)C)cc(C(C)C)c2)c1.Cc1cc(C)cc(C(c2ccc(Br)cc2)c2cc(C)cc(C)c2)c1.Cc1cc(C)cc(C(c2ccc(Cl)cc2)c2cc(C)cc(C)c2)c1. The summed E-state index contributed by atoms with van der Waals surface area (Å²) >= 11 is 19.4. The minimum absolute atomic E-state index is 0.180. The van der Waals surface area contributed by atoms with Crippen molar-refractivity contribution in [2.45, 2.75) is 158 Å². The van der Waals surface area contributed by atoms with Crippen molar-refractivity contribution in [2.24, 2.45) is 0 Å². The topological polar surface area (TPSA) is 0 Å². The first-order valence-electron chi connectivity index (χ1n) is 35.5. The summed E-state index contributed by atoms with van der Waals surface area (Å²) < 4.78 is 2.23. The highest BCUT2D eigenvalue weighted by Crippen LogP contribution is 2.41. The van der Waals surface area contributed by atoms with E-state index in [-0.39, 0.29) is 23.7 Å². The van der Waals surface area contributed by atoms with Crippen LogP contribution in [0.15, 0.2) is 276 Å². The fourth-order valence-electron chi connectivity index (χ4n) is 14.0. The first kappa shape index (κ1) is 76.4. The number of rotatable bonds is 16. The lowest BCUT2D eigenvalue weighted by molar-refractivity contribution is 0.811. The Morgan fingerprint density at radius 2 is 0.360 bits per heavy atom. The fraction of sp³-hybridized carbons (Fsp3) is 0.250. The number of benzene rings is 12. The molecule has 0 spiro atoms. The third kappa shape index (κ3) is 21.1. The minimum atomic E-state index is 0.180. The molecule has 12 rings (SSSR count). The Kier molecular flexibility index (Phi) is 27.2. The van der Waals surface area contributed by atoms with Crippen molar-refractivity contribution in [3.8, 4) is 0 Å². The Bertz CT molecular complexity index is 4110. The van der Waals surface area contributed by atoms with Gasteiger partial charge in [0.2, 0.25) is 0 Å². The zero-order chi connectivity index (χ0) is 71.9. The summed E-state index contributed by atoms with van der Waals surface area (Å²) in [6.07, 6.45) is 0. The molecule has 0 saturated heterocycles. The average Bonchev–Trinajstić information content (AvgIpc) is 0.798. The van der Waals surface area contributed by atoms with Crippen molar-refractivity contribution in [1.29, 1.82) is 0 Å². The third-order valence-corrected chi connectivity index (χ3v) is 20.3. The molecule has 0 heterocycles. The highest BCUT2D eigenvalue weighted by Gasteiger charge is 2.24. The molecule has 12 aromatic carbocycles. The Balaban J connectivity index is 0.000000158. The van der Waals surface area contributed by atoms with E-state index in [0.717, 1.165) is 19.0 Å². The van der Waals surface area contributed by atoms with Crippen molar-refractivity contribution in [2.75, 3.05) is 0 Å². The summed E-state index contributed by atoms with van der Waals surface area (Å²) in [4.78, 5) is 0. The highest BCUT2D eigenvalue weighted by atomic mass is 79.9. The average molecular weight is 1480 g/mol. The van der Waals surface area contributed by atoms with E-state index in [0.29, 0.717) is 23.7 Å². The van der Waals surface area contributed by atoms with E-state index in [9.17, 15) is 0 Å². The summed E-state index contributed by atoms with van der Waals surface area (Å²) in [7, 11) is 0. The van der Waals surface area contributed by atoms with E-state index in [4.69, 9.17) is 23.2 Å². The predicted molar refractivity (Wildman–Crippen MR) is 441 cm³/mol. The number of hydrogen-bond acceptors (Lipinski definition) is 0. The molecule has 0 aromatic heterocycles. The molecular formula is C96H100Br2Cl2. The molecule has 100 heavy (non-hydrogen) atoms. The fourth-order valence-corrected chi connectivity index (χ4v) is 14.8. The van der Waals surface area contributed by atoms with E-state index in [1.54, 1.807) is 0 Å². The Hall–Kier alpha value is -7.82. The lowest BCUT2D eigenvalue weighted by Gasteiger charge is -2.25. The molecule has 12 aromatic rings. The van der Waals surface area contributed by atoms with Crippen LogP contribution < -0.4 is 0 Å². The van der Waals surface area contributed by atoms with Crippen molar-refractivity contribution < 1.29 is 0 Å². The van der Waals surface area contributed by atoms with Gasteiger partial charge in [0.15, 0.2) is 0 Å². The standard InChI is InChI=1S/C31H39Cl.C23H23Br.C23H23Cl.C19H15Br/c1-19(2)24-13-25(20(3)4)16-28(15-24)31(23-9-11-30(32)12-10-23)29-17-26(21(5)6)14-27(18-29)22(7)8;2*1-15-9-16(2)12-20(11-15)23(19-5-7-22(24)8-6-19)21-13-17(3)10-18(4)14-21;20-18-13-11-17(12-14-18)19(15-7-3-1-4-8-15)16-9-5-2-6-10-16/h9-22,31H,1-8H3;2*5-14,23H,1-4H3;1-14,19H. The number of halogens is 4. The van der Waals surface area contributed by atoms with Crippen LogP contribution in [0.4, 0.5) is 0 Å². The Morgan fingerprint density at radius 1 is 0.190 bits per heavy atom. The zero-order valence-corrected chi connectivity index (χ0v) is 66.2. The molecule has 0 aliphatic heterocycles. The number of hydrogen-bond donors (Lipinski definition) is 0. The summed E-state index contributed by atoms with van der Waals surface area (Å²) in [6.45, 7) is 35.7. The summed E-state index contributed by atoms with van der Waals surface area (Å²) in [5.74, 6) is 2.91. The van der Waals surface area contributed by atoms with E-state index in [1.165, 1.54) is 134 Å². The minimum Gasteiger partial charge on any atom is -0.0843 e. The predicted octanol–water partition coefficient (Wildman–Crippen LogP) is 29.3. The van der Waals surface area contributed by atoms with E-state index >= 15 is 0 Å². The van der Waals surface area contributed by atoms with Gasteiger partial charge in [-0.15, -0.1) is 0 Å². The van der Waals surface area contributed by atoms with Gasteiger partial charge in [-0.3, -0.25) is 0 Å². The van der Waals surface area contributed by atoms with Gasteiger partial charge in [0, 0.05) is 42.7 Å². The second-order valence-electron chi connectivity index (χ2n) is 28.9. The van der Waals surface area contributed by atoms with Crippen LogP contribution in [0.25, 0.3) is 0 Å². The van der Waals surface area contributed by atoms with E-state index in [2.05, 4.69) is 385 Å². The molecule has 0 bridgehead atoms. The Labute approximate surface area is 627 Å². The van der Waals surface area contributed by atoms with Crippen LogP contribution in [0, 0.1) is 55.4 Å². The maximum Gasteiger partial charge on any atom is 0.0406 e. The van der Waals surface area contributed by atoms with Crippen LogP contribution in [0.5, 0.6) is 0 Å². The van der Waals surface area contributed by atoms with Crippen LogP contribution in [0.2, 0.25) is 10.0 Å². The molecule has 4 heteroatoms. The zero-order valence-electron chi connectivity index (χ0n) is 61.5. The number of aryl methyl sites for hydroxylation is 8. The van der Waals surface area contributed by atoms with Gasteiger partial charge >= 0.3 is 0 Å². The Morgan fingerprint density at radius 3 is 0.570 bits per heavy atom. The molecule has 0 radical (unpaired) electrons. The van der Waals surface area contributed by atoms with Gasteiger partial charge in [0.05, 0.1) is 0 Å². The van der Waals surface area contributed by atoms with Crippen molar-refractivity contribution in [1.82, 2.24) is 0 Å². The van der Waals surface area contributed by atoms with Crippen molar-refractivity contribution >= 4 is 55.1 Å². The lowest BCUT2D eigenvalue weighted by atomic mass is 9.79. The van der Waals surface area contributed by atoms with Gasteiger partial charge < -0.3 is 0 Å². The third-order valence-electron chi connectivity index (χ3n) is 18.7. The molecule has 0 fully saturated rings. The van der Waals surface area contributed by atoms with Crippen molar-refractivity contribution in [3.05, 3.63) is 419 Å². The van der Waals surface area contributed by atoms with Gasteiger partial charge in [-0.1, -0.05) is 373 Å². The molecule has 0 N–H and O–H groups in total. The first-order chi connectivity index (χ1) is 47.7. The van der Waals surface area contributed by atoms with Gasteiger partial charge in [0.25, 0.3) is 0 Å². The second-order valence-corrected chi connectivity index (χ2v) is 31.6. The highest BCUT2D eigenvalue weighted by molar-refractivity contribution is 9.10. The molecule has 0 aliphatic carbocycles. The maximum absolute atomic E-state index is 6.28. The van der Waals surface area contributed by atoms with Crippen LogP contribution in [0.1, 0.15) is 236 Å². The van der Waals surface area contributed by atoms with E-state index < -0.39 is 0 Å². The molecule has 0 unspecified atom stereocenters. The van der Waals surface area contributed by atoms with Gasteiger partial charge in [-0.2, -0.15) is 0 Å². The molecular weight excluding hydrogens is 1380 g/mol.